The maximum absolute atomic E-state index is 13.6. The van der Waals surface area contributed by atoms with Crippen LogP contribution in [0.5, 0.6) is 0 Å². The molecular formula is C79H98F15Li5N6O32S12. The molecule has 0 aliphatic carbocycles. The van der Waals surface area contributed by atoms with Crippen LogP contribution >= 0.6 is 24.0 Å². The second kappa shape index (κ2) is 63.0. The van der Waals surface area contributed by atoms with E-state index in [4.69, 9.17) is 45.4 Å². The van der Waals surface area contributed by atoms with Crippen molar-refractivity contribution in [2.75, 3.05) is 85.2 Å². The largest absolute Gasteiger partial charge is 1.00 e. The van der Waals surface area contributed by atoms with E-state index in [1.807, 2.05) is 54.4 Å². The predicted octanol–water partition coefficient (Wildman–Crippen LogP) is 0.850. The number of esters is 3. The fourth-order valence-corrected chi connectivity index (χ4v) is 24.1. The number of aliphatic carboxylic acids is 1. The first-order chi connectivity index (χ1) is 65.6. The second-order valence-electron chi connectivity index (χ2n) is 31.3. The Kier molecular flexibility index (Phi) is 63.5. The number of hydrogen-bond donors (Lipinski definition) is 1. The van der Waals surface area contributed by atoms with E-state index in [1.165, 1.54) is 83.5 Å². The van der Waals surface area contributed by atoms with Crippen LogP contribution < -0.4 is 94.3 Å². The number of hydrogen-bond acceptors (Lipinski definition) is 34. The van der Waals surface area contributed by atoms with Gasteiger partial charge in [-0.05, 0) is 154 Å². The van der Waals surface area contributed by atoms with Crippen LogP contribution in [-0.4, -0.2) is 230 Å². The molecule has 0 saturated carbocycles. The van der Waals surface area contributed by atoms with Crippen molar-refractivity contribution in [2.24, 2.45) is 22.2 Å². The molecule has 0 radical (unpaired) electrons. The van der Waals surface area contributed by atoms with E-state index in [1.54, 1.807) is 44.2 Å². The van der Waals surface area contributed by atoms with Crippen LogP contribution in [0.1, 0.15) is 165 Å². The number of methoxy groups -OCH3 is 2. The van der Waals surface area contributed by atoms with Gasteiger partial charge in [0, 0.05) is 71.0 Å². The Balaban J connectivity index is -0.000000957. The number of carbonyl (C=O) groups is 4. The van der Waals surface area contributed by atoms with Crippen LogP contribution in [0, 0.1) is 33.5 Å². The zero-order chi connectivity index (χ0) is 111. The van der Waals surface area contributed by atoms with Crippen molar-refractivity contribution in [1.29, 1.82) is 5.26 Å². The molecule has 70 heteroatoms. The molecule has 149 heavy (non-hydrogen) atoms. The minimum absolute atomic E-state index is 0. The topological polar surface area (TPSA) is 589 Å². The third-order valence-corrected chi connectivity index (χ3v) is 37.1. The quantitative estimate of drug-likeness (QED) is 0.0141. The monoisotopic (exact) mass is 2350 g/mol. The maximum Gasteiger partial charge on any atom is 1.00 e. The summed E-state index contributed by atoms with van der Waals surface area (Å²) in [5.41, 5.74) is -31.8. The number of nitrogens with zero attached hydrogens (tertiary/aromatic N) is 6. The van der Waals surface area contributed by atoms with Gasteiger partial charge >= 0.3 is 146 Å². The summed E-state index contributed by atoms with van der Waals surface area (Å²) in [5, 5.41) is 19.5. The summed E-state index contributed by atoms with van der Waals surface area (Å²) >= 11 is 6.43. The number of carbonyl (C=O) groups excluding carboxylic acids is 3. The molecule has 5 aromatic carbocycles. The molecule has 0 aliphatic rings. The molecule has 8 unspecified atom stereocenters. The van der Waals surface area contributed by atoms with Gasteiger partial charge < -0.3 is 58.9 Å². The summed E-state index contributed by atoms with van der Waals surface area (Å²) in [6.07, 6.45) is 1.26. The summed E-state index contributed by atoms with van der Waals surface area (Å²) in [7, 11) is -54.1. The number of carboxylic acids is 1. The molecule has 0 aromatic heterocycles. The molecule has 5 rings (SSSR count). The molecule has 0 amide bonds. The number of thiocarbonyl (C=S) groups is 1. The van der Waals surface area contributed by atoms with Crippen LogP contribution in [0.3, 0.4) is 0 Å². The Labute approximate surface area is 924 Å². The first-order valence-electron chi connectivity index (χ1n) is 41.0. The Morgan fingerprint density at radius 3 is 1.08 bits per heavy atom. The van der Waals surface area contributed by atoms with E-state index in [0.717, 1.165) is 66.7 Å². The van der Waals surface area contributed by atoms with E-state index in [9.17, 15) is 180 Å². The number of nitriles is 1. The Morgan fingerprint density at radius 2 is 0.758 bits per heavy atom. The molecule has 8 atom stereocenters. The van der Waals surface area contributed by atoms with Gasteiger partial charge in [0.2, 0.25) is 0 Å². The van der Waals surface area contributed by atoms with Gasteiger partial charge in [0.15, 0.2) is 50.1 Å². The van der Waals surface area contributed by atoms with Crippen molar-refractivity contribution < 1.29 is 302 Å². The number of halogens is 15. The van der Waals surface area contributed by atoms with Crippen LogP contribution in [0.4, 0.5) is 65.9 Å². The number of benzene rings is 5. The standard InChI is InChI=1S/C27H34F3N2O11S4.C22H24F6N2O9S4.C17H23F3NO7S2.C13H17F3NO5S2.5Li/c1-24(18-45-21(44)19-8-6-5-7-9-19,22(35)43-14-15-46(37,38)32-47(39,40)27(28,29)30)16-26(3,23(36)42-13-12-41-4)25(2,17-31)11-10-20(33)34;1-3-16(18-6-10-20(11-7-18)41(33,34)30-43(37,38)22(26,27)28)12-13-39-14-15(2)17-4-8-19(9-5-17)40(31,32)29-42(35,36)21(23,24)25;1-4-13(16(22)28-10-9-27-3)11-12(2)14-5-7-15(8-6-14)29(23,24)21-30(25,26)17(18,19)20;1-3-8-22-9-10(2)11-4-6-12(7-5-11)23(18,19)17-24(20,21)13(14,15)16;;;;;/h5-9H,10-16,18H2,1-4H3,(H,33,34);4-11,15-16H,3,12-14H2,1-2H3;5-8,12-13H,4,9-11H2,1-3H3;4-7,10H,3,8-9H2,1-2H3;;;;;/q-1;-2;2*-1;5*+1. The summed E-state index contributed by atoms with van der Waals surface area (Å²) < 4.78 is 463. The van der Waals surface area contributed by atoms with Gasteiger partial charge in [-0.25, -0.2) is 84.2 Å². The Hall–Kier alpha value is -5.01. The van der Waals surface area contributed by atoms with Crippen molar-refractivity contribution in [1.82, 2.24) is 0 Å². The minimum Gasteiger partial charge on any atom is -0.481 e. The van der Waals surface area contributed by atoms with Crippen molar-refractivity contribution in [3.8, 4) is 6.07 Å². The first-order valence-corrected chi connectivity index (χ1v) is 56.9. The normalized spacial score (nSPS) is 14.8. The van der Waals surface area contributed by atoms with Crippen molar-refractivity contribution in [3.63, 3.8) is 0 Å². The summed E-state index contributed by atoms with van der Waals surface area (Å²) in [5.74, 6) is -6.75. The third kappa shape index (κ3) is 47.4. The van der Waals surface area contributed by atoms with Gasteiger partial charge in [-0.1, -0.05) is 133 Å². The van der Waals surface area contributed by atoms with Crippen molar-refractivity contribution >= 4 is 152 Å². The van der Waals surface area contributed by atoms with Gasteiger partial charge in [0.1, 0.15) is 59.9 Å². The molecule has 0 spiro atoms. The molecule has 0 saturated heterocycles. The molecule has 1 N–H and O–H groups in total. The fraction of sp³-hybridized carbons (Fsp3) is 0.544. The molecule has 0 bridgehead atoms. The smallest absolute Gasteiger partial charge is 0.481 e. The number of alkyl halides is 15. The molecule has 38 nitrogen and oxygen atoms in total. The van der Waals surface area contributed by atoms with Gasteiger partial charge in [0.25, 0.3) is 0 Å². The van der Waals surface area contributed by atoms with Crippen LogP contribution in [0.2, 0.25) is 0 Å². The van der Waals surface area contributed by atoms with Crippen LogP contribution in [0.25, 0.3) is 20.6 Å². The summed E-state index contributed by atoms with van der Waals surface area (Å²) in [6.45, 7) is 15.0. The molecule has 0 fully saturated rings. The van der Waals surface area contributed by atoms with E-state index >= 15 is 0 Å². The second-order valence-corrected chi connectivity index (χ2v) is 50.3. The fourth-order valence-electron chi connectivity index (χ4n) is 11.9. The number of thioether (sulfide) groups is 1. The SMILES string of the molecule is CCC(CC(C)c1ccc(S(=O)(=O)[N-]S(=O)(=O)C(F)(F)F)cc1)C(=O)OCCOC.CCC(CCOCC(C)c1ccc(S(=O)(=O)[N-]S(=O)(=O)C(F)(F)F)cc1)c1ccc(S(=O)(=O)[N-]S(=O)(=O)C(F)(F)F)cc1.CCCOCC(C)c1ccc(S(=O)(=O)[N-]S(=O)(=O)C(F)(F)F)cc1.COCCOC(=O)C(C)(CC(C)(CSC(=S)c1ccccc1)C(=O)OCCS(=O)(=O)[N-]S(=O)(=O)C(F)(F)F)C(C)(C#N)CCC(=O)O.[Li+].[Li+].[Li+].[Li+].[Li+]. The number of rotatable bonds is 52. The molecule has 5 aromatic rings. The van der Waals surface area contributed by atoms with E-state index in [-0.39, 0.29) is 170 Å². The van der Waals surface area contributed by atoms with E-state index in [2.05, 4.69) is 0 Å². The van der Waals surface area contributed by atoms with Gasteiger partial charge in [-0.3, -0.25) is 19.2 Å². The van der Waals surface area contributed by atoms with Crippen molar-refractivity contribution in [2.45, 2.75) is 184 Å². The minimum atomic E-state index is -6.41. The molecular weight excluding hydrogens is 2250 g/mol. The molecule has 0 aliphatic heterocycles. The third-order valence-electron chi connectivity index (χ3n) is 20.1. The maximum atomic E-state index is 13.6. The van der Waals surface area contributed by atoms with Crippen LogP contribution in [0.15, 0.2) is 147 Å². The molecule has 0 heterocycles. The summed E-state index contributed by atoms with van der Waals surface area (Å²) in [4.78, 5) is 47.9. The van der Waals surface area contributed by atoms with Crippen molar-refractivity contribution in [3.05, 3.63) is 176 Å². The van der Waals surface area contributed by atoms with Gasteiger partial charge in [-0.2, -0.15) is 71.1 Å². The summed E-state index contributed by atoms with van der Waals surface area (Å²) in [6, 6.07) is 28.6. The molecule has 818 valence electrons. The number of carboxylic acid groups (broad SMARTS) is 1. The number of ether oxygens (including phenoxy) is 7. The zero-order valence-corrected chi connectivity index (χ0v) is 92.1. The van der Waals surface area contributed by atoms with E-state index in [0.29, 0.717) is 70.9 Å². The Morgan fingerprint density at radius 1 is 0.430 bits per heavy atom. The van der Waals surface area contributed by atoms with Gasteiger partial charge in [0.05, 0.1) is 74.6 Å². The Bertz CT molecular complexity index is 6440. The average molecular weight is 2350 g/mol. The zero-order valence-electron chi connectivity index (χ0n) is 82.3. The van der Waals surface area contributed by atoms with Gasteiger partial charge in [-0.15, -0.1) is 11.8 Å². The van der Waals surface area contributed by atoms with Crippen LogP contribution in [-0.2, 0) is 153 Å². The first kappa shape index (κ1) is 150. The average Bonchev–Trinajstić information content (AvgIpc) is 0.751. The van der Waals surface area contributed by atoms with E-state index < -0.39 is 219 Å². The number of sulfonamides is 10. The predicted molar refractivity (Wildman–Crippen MR) is 492 cm³/mol.